The molecule has 0 radical (unpaired) electrons. The normalized spacial score (nSPS) is 12.3. The number of aromatic nitrogens is 3. The molecule has 2 aromatic carbocycles. The Hall–Kier alpha value is -2.24. The van der Waals surface area contributed by atoms with Gasteiger partial charge in [-0.25, -0.2) is 9.07 Å². The van der Waals surface area contributed by atoms with Gasteiger partial charge in [-0.15, -0.1) is 5.10 Å². The molecule has 0 fully saturated rings. The number of para-hydroxylation sites is 1. The van der Waals surface area contributed by atoms with Gasteiger partial charge < -0.3 is 5.11 Å². The lowest BCUT2D eigenvalue weighted by atomic mass is 10.1. The summed E-state index contributed by atoms with van der Waals surface area (Å²) in [4.78, 5) is 0. The van der Waals surface area contributed by atoms with E-state index in [1.54, 1.807) is 6.07 Å². The lowest BCUT2D eigenvalue weighted by molar-refractivity contribution is 0.211. The number of halogens is 2. The Kier molecular flexibility index (Phi) is 3.68. The molecule has 3 rings (SSSR count). The van der Waals surface area contributed by atoms with Crippen molar-refractivity contribution < 1.29 is 9.50 Å². The summed E-state index contributed by atoms with van der Waals surface area (Å²) >= 11 is 5.92. The van der Waals surface area contributed by atoms with Crippen molar-refractivity contribution in [3.8, 4) is 5.69 Å². The third kappa shape index (κ3) is 2.53. The number of aliphatic hydroxyl groups excluding tert-OH is 1. The fraction of sp³-hybridized carbons (Fsp3) is 0.0667. The van der Waals surface area contributed by atoms with Gasteiger partial charge in [-0.1, -0.05) is 47.1 Å². The molecule has 1 heterocycles. The number of aliphatic hydroxyl groups is 1. The van der Waals surface area contributed by atoms with Gasteiger partial charge >= 0.3 is 0 Å². The van der Waals surface area contributed by atoms with Crippen LogP contribution in [0, 0.1) is 5.82 Å². The smallest absolute Gasteiger partial charge is 0.142 e. The second kappa shape index (κ2) is 5.63. The highest BCUT2D eigenvalue weighted by atomic mass is 35.5. The van der Waals surface area contributed by atoms with E-state index in [2.05, 4.69) is 10.3 Å². The standard InChI is InChI=1S/C15H11ClFN3O/c16-14-11(7-4-8-12(14)17)15(21)13-9-18-19-20(13)10-5-2-1-3-6-10/h1-9,15,21H. The molecular formula is C15H11ClFN3O. The summed E-state index contributed by atoms with van der Waals surface area (Å²) in [6, 6.07) is 13.5. The molecule has 106 valence electrons. The maximum atomic E-state index is 13.5. The molecule has 0 amide bonds. The van der Waals surface area contributed by atoms with Crippen LogP contribution in [0.3, 0.4) is 0 Å². The van der Waals surface area contributed by atoms with Crippen LogP contribution in [0.1, 0.15) is 17.4 Å². The summed E-state index contributed by atoms with van der Waals surface area (Å²) in [5.74, 6) is -0.577. The highest BCUT2D eigenvalue weighted by Crippen LogP contribution is 2.30. The van der Waals surface area contributed by atoms with Gasteiger partial charge in [0.15, 0.2) is 0 Å². The summed E-state index contributed by atoms with van der Waals surface area (Å²) in [5, 5.41) is 18.1. The Labute approximate surface area is 125 Å². The fourth-order valence-corrected chi connectivity index (χ4v) is 2.32. The van der Waals surface area contributed by atoms with Crippen LogP contribution in [0.15, 0.2) is 54.7 Å². The molecule has 0 saturated carbocycles. The van der Waals surface area contributed by atoms with Crippen LogP contribution in [0.5, 0.6) is 0 Å². The maximum absolute atomic E-state index is 13.5. The van der Waals surface area contributed by atoms with Crippen molar-refractivity contribution in [2.75, 3.05) is 0 Å². The van der Waals surface area contributed by atoms with Gasteiger partial charge in [0.25, 0.3) is 0 Å². The lowest BCUT2D eigenvalue weighted by Crippen LogP contribution is -2.09. The monoisotopic (exact) mass is 303 g/mol. The van der Waals surface area contributed by atoms with Crippen LogP contribution in [-0.2, 0) is 0 Å². The zero-order valence-electron chi connectivity index (χ0n) is 10.8. The zero-order valence-corrected chi connectivity index (χ0v) is 11.6. The van der Waals surface area contributed by atoms with Crippen molar-refractivity contribution >= 4 is 11.6 Å². The molecule has 0 aliphatic carbocycles. The average Bonchev–Trinajstić information content (AvgIpc) is 3.00. The molecule has 4 nitrogen and oxygen atoms in total. The number of benzene rings is 2. The minimum Gasteiger partial charge on any atom is -0.382 e. The molecule has 1 aromatic heterocycles. The number of hydrogen-bond acceptors (Lipinski definition) is 3. The van der Waals surface area contributed by atoms with E-state index >= 15 is 0 Å². The summed E-state index contributed by atoms with van der Waals surface area (Å²) in [7, 11) is 0. The second-order valence-corrected chi connectivity index (χ2v) is 4.83. The first kappa shape index (κ1) is 13.7. The highest BCUT2D eigenvalue weighted by molar-refractivity contribution is 6.31. The van der Waals surface area contributed by atoms with Crippen LogP contribution in [0.2, 0.25) is 5.02 Å². The average molecular weight is 304 g/mol. The van der Waals surface area contributed by atoms with E-state index in [-0.39, 0.29) is 10.6 Å². The van der Waals surface area contributed by atoms with Crippen LogP contribution in [0.25, 0.3) is 5.69 Å². The Morgan fingerprint density at radius 2 is 1.86 bits per heavy atom. The molecule has 1 N–H and O–H groups in total. The second-order valence-electron chi connectivity index (χ2n) is 4.45. The van der Waals surface area contributed by atoms with Crippen molar-refractivity contribution in [3.05, 3.63) is 76.8 Å². The van der Waals surface area contributed by atoms with Gasteiger partial charge in [-0.3, -0.25) is 0 Å². The Balaban J connectivity index is 2.06. The molecule has 6 heteroatoms. The predicted molar refractivity (Wildman–Crippen MR) is 76.8 cm³/mol. The lowest BCUT2D eigenvalue weighted by Gasteiger charge is -2.14. The summed E-state index contributed by atoms with van der Waals surface area (Å²) in [6.45, 7) is 0. The first-order valence-corrected chi connectivity index (χ1v) is 6.64. The van der Waals surface area contributed by atoms with Gasteiger partial charge in [0.2, 0.25) is 0 Å². The molecule has 0 bridgehead atoms. The minimum atomic E-state index is -1.12. The van der Waals surface area contributed by atoms with Crippen LogP contribution >= 0.6 is 11.6 Å². The van der Waals surface area contributed by atoms with Crippen LogP contribution < -0.4 is 0 Å². The molecule has 0 spiro atoms. The maximum Gasteiger partial charge on any atom is 0.142 e. The van der Waals surface area contributed by atoms with Crippen molar-refractivity contribution in [2.24, 2.45) is 0 Å². The largest absolute Gasteiger partial charge is 0.382 e. The number of hydrogen-bond donors (Lipinski definition) is 1. The van der Waals surface area contributed by atoms with Crippen molar-refractivity contribution in [3.63, 3.8) is 0 Å². The summed E-state index contributed by atoms with van der Waals surface area (Å²) in [5.41, 5.74) is 1.43. The Morgan fingerprint density at radius 3 is 2.62 bits per heavy atom. The third-order valence-corrected chi connectivity index (χ3v) is 3.53. The van der Waals surface area contributed by atoms with Crippen molar-refractivity contribution in [1.29, 1.82) is 0 Å². The number of rotatable bonds is 3. The van der Waals surface area contributed by atoms with Crippen LogP contribution in [0.4, 0.5) is 4.39 Å². The predicted octanol–water partition coefficient (Wildman–Crippen LogP) is 3.14. The van der Waals surface area contributed by atoms with Gasteiger partial charge in [-0.2, -0.15) is 0 Å². The summed E-state index contributed by atoms with van der Waals surface area (Å²) < 4.78 is 15.0. The van der Waals surface area contributed by atoms with E-state index in [1.807, 2.05) is 30.3 Å². The van der Waals surface area contributed by atoms with E-state index in [0.29, 0.717) is 5.69 Å². The minimum absolute atomic E-state index is 0.106. The quantitative estimate of drug-likeness (QED) is 0.808. The number of nitrogens with zero attached hydrogens (tertiary/aromatic N) is 3. The first-order valence-electron chi connectivity index (χ1n) is 6.26. The molecular weight excluding hydrogens is 293 g/mol. The van der Waals surface area contributed by atoms with Crippen molar-refractivity contribution in [2.45, 2.75) is 6.10 Å². The van der Waals surface area contributed by atoms with Gasteiger partial charge in [0, 0.05) is 5.56 Å². The molecule has 3 aromatic rings. The molecule has 21 heavy (non-hydrogen) atoms. The van der Waals surface area contributed by atoms with E-state index in [9.17, 15) is 9.50 Å². The third-order valence-electron chi connectivity index (χ3n) is 3.13. The molecule has 0 aliphatic rings. The van der Waals surface area contributed by atoms with E-state index in [0.717, 1.165) is 5.69 Å². The Bertz CT molecular complexity index is 761. The van der Waals surface area contributed by atoms with Gasteiger partial charge in [0.1, 0.15) is 11.9 Å². The van der Waals surface area contributed by atoms with E-state index in [1.165, 1.54) is 23.0 Å². The SMILES string of the molecule is OC(c1cccc(F)c1Cl)c1cnnn1-c1ccccc1. The summed E-state index contributed by atoms with van der Waals surface area (Å²) in [6.07, 6.45) is 0.308. The highest BCUT2D eigenvalue weighted by Gasteiger charge is 2.21. The first-order chi connectivity index (χ1) is 10.2. The van der Waals surface area contributed by atoms with Crippen molar-refractivity contribution in [1.82, 2.24) is 15.0 Å². The molecule has 0 saturated heterocycles. The topological polar surface area (TPSA) is 50.9 Å². The van der Waals surface area contributed by atoms with Crippen LogP contribution in [-0.4, -0.2) is 20.1 Å². The Morgan fingerprint density at radius 1 is 1.10 bits per heavy atom. The molecule has 0 aliphatic heterocycles. The molecule has 1 atom stereocenters. The zero-order chi connectivity index (χ0) is 14.8. The van der Waals surface area contributed by atoms with Gasteiger partial charge in [0.05, 0.1) is 22.6 Å². The van der Waals surface area contributed by atoms with Gasteiger partial charge in [-0.05, 0) is 18.2 Å². The fourth-order valence-electron chi connectivity index (χ4n) is 2.09. The van der Waals surface area contributed by atoms with E-state index < -0.39 is 11.9 Å². The molecule has 1 unspecified atom stereocenters. The van der Waals surface area contributed by atoms with E-state index in [4.69, 9.17) is 11.6 Å².